The van der Waals surface area contributed by atoms with Gasteiger partial charge in [0.1, 0.15) is 11.4 Å². The highest BCUT2D eigenvalue weighted by atomic mass is 35.5. The van der Waals surface area contributed by atoms with Crippen LogP contribution in [0, 0.1) is 0 Å². The van der Waals surface area contributed by atoms with Crippen molar-refractivity contribution >= 4 is 34.0 Å². The average molecular weight is 533 g/mol. The minimum Gasteiger partial charge on any atom is -0.507 e. The monoisotopic (exact) mass is 532 g/mol. The molecule has 5 aromatic carbocycles. The first-order valence-electron chi connectivity index (χ1n) is 12.6. The molecule has 1 aliphatic rings. The molecule has 192 valence electrons. The van der Waals surface area contributed by atoms with Crippen LogP contribution in [-0.4, -0.2) is 11.0 Å². The third-order valence-corrected chi connectivity index (χ3v) is 7.12. The van der Waals surface area contributed by atoms with Gasteiger partial charge in [-0.15, -0.1) is 0 Å². The van der Waals surface area contributed by atoms with Gasteiger partial charge >= 0.3 is 0 Å². The summed E-state index contributed by atoms with van der Waals surface area (Å²) in [5.41, 5.74) is 3.44. The number of amides is 1. The smallest absolute Gasteiger partial charge is 0.239 e. The van der Waals surface area contributed by atoms with Crippen LogP contribution >= 0.6 is 11.6 Å². The first-order chi connectivity index (χ1) is 18.9. The normalized spacial score (nSPS) is 16.6. The zero-order valence-electron chi connectivity index (χ0n) is 21.1. The Hall–Kier alpha value is -4.74. The number of nitrogens with one attached hydrogen (secondary N) is 2. The van der Waals surface area contributed by atoms with Crippen LogP contribution in [0.4, 0.5) is 0 Å². The Kier molecular flexibility index (Phi) is 6.21. The molecule has 6 rings (SSSR count). The highest BCUT2D eigenvalue weighted by molar-refractivity contribution is 6.30. The topological polar surface area (TPSA) is 70.6 Å². The molecule has 0 saturated heterocycles. The van der Waals surface area contributed by atoms with Crippen molar-refractivity contribution in [3.63, 3.8) is 0 Å². The van der Waals surface area contributed by atoms with Crippen LogP contribution in [0.15, 0.2) is 121 Å². The second kappa shape index (κ2) is 9.86. The van der Waals surface area contributed by atoms with E-state index in [2.05, 4.69) is 41.0 Å². The highest BCUT2D eigenvalue weighted by Crippen LogP contribution is 2.44. The molecule has 0 saturated carbocycles. The zero-order chi connectivity index (χ0) is 27.0. The number of rotatable bonds is 5. The maximum absolute atomic E-state index is 12.2. The molecule has 1 atom stereocenters. The van der Waals surface area contributed by atoms with Crippen LogP contribution in [0.25, 0.3) is 27.6 Å². The van der Waals surface area contributed by atoms with E-state index in [9.17, 15) is 9.90 Å². The zero-order valence-corrected chi connectivity index (χ0v) is 21.9. The number of phenols is 1. The second-order valence-corrected chi connectivity index (χ2v) is 9.89. The summed E-state index contributed by atoms with van der Waals surface area (Å²) < 4.78 is 6.56. The Morgan fingerprint density at radius 1 is 0.795 bits per heavy atom. The molecule has 0 bridgehead atoms. The van der Waals surface area contributed by atoms with Gasteiger partial charge in [0, 0.05) is 23.1 Å². The van der Waals surface area contributed by atoms with Crippen LogP contribution in [-0.2, 0) is 15.3 Å². The molecule has 5 aromatic rings. The van der Waals surface area contributed by atoms with E-state index in [1.807, 2.05) is 54.6 Å². The van der Waals surface area contributed by atoms with Crippen LogP contribution in [0.1, 0.15) is 23.6 Å². The van der Waals surface area contributed by atoms with Crippen molar-refractivity contribution in [2.75, 3.05) is 0 Å². The fourth-order valence-corrected chi connectivity index (χ4v) is 5.10. The molecule has 0 spiro atoms. The van der Waals surface area contributed by atoms with Gasteiger partial charge in [-0.1, -0.05) is 96.5 Å². The van der Waals surface area contributed by atoms with Gasteiger partial charge in [0.25, 0.3) is 0 Å². The molecule has 39 heavy (non-hydrogen) atoms. The molecule has 0 aliphatic carbocycles. The quantitative estimate of drug-likeness (QED) is 0.225. The number of ether oxygens (including phenoxy) is 1. The van der Waals surface area contributed by atoms with E-state index in [4.69, 9.17) is 16.3 Å². The molecular weight excluding hydrogens is 508 g/mol. The van der Waals surface area contributed by atoms with Crippen molar-refractivity contribution in [2.45, 2.75) is 12.6 Å². The number of benzene rings is 5. The second-order valence-electron chi connectivity index (χ2n) is 9.46. The summed E-state index contributed by atoms with van der Waals surface area (Å²) in [5.74, 6) is 0.0350. The Morgan fingerprint density at radius 2 is 1.44 bits per heavy atom. The van der Waals surface area contributed by atoms with Gasteiger partial charge in [0.15, 0.2) is 0 Å². The van der Waals surface area contributed by atoms with Crippen molar-refractivity contribution in [3.05, 3.63) is 143 Å². The predicted molar refractivity (Wildman–Crippen MR) is 155 cm³/mol. The molecule has 0 fully saturated rings. The van der Waals surface area contributed by atoms with E-state index in [0.29, 0.717) is 16.3 Å². The van der Waals surface area contributed by atoms with Crippen molar-refractivity contribution in [2.24, 2.45) is 0 Å². The van der Waals surface area contributed by atoms with Crippen molar-refractivity contribution < 1.29 is 14.6 Å². The van der Waals surface area contributed by atoms with E-state index in [1.165, 1.54) is 17.7 Å². The van der Waals surface area contributed by atoms with E-state index >= 15 is 0 Å². The molecule has 1 amide bonds. The molecule has 1 unspecified atom stereocenters. The average Bonchev–Trinajstić information content (AvgIpc) is 3.33. The predicted octanol–water partition coefficient (Wildman–Crippen LogP) is 7.15. The van der Waals surface area contributed by atoms with E-state index in [1.54, 1.807) is 30.3 Å². The molecule has 1 heterocycles. The lowest BCUT2D eigenvalue weighted by molar-refractivity contribution is -0.119. The summed E-state index contributed by atoms with van der Waals surface area (Å²) in [4.78, 5) is 12.2. The number of phenolic OH excluding ortho intramolecular Hbond substituents is 1. The summed E-state index contributed by atoms with van der Waals surface area (Å²) >= 11 is 6.13. The third-order valence-electron chi connectivity index (χ3n) is 6.86. The van der Waals surface area contributed by atoms with Gasteiger partial charge in [-0.3, -0.25) is 10.1 Å². The number of carbonyl (C=O) groups is 1. The lowest BCUT2D eigenvalue weighted by Gasteiger charge is -2.32. The Morgan fingerprint density at radius 3 is 2.15 bits per heavy atom. The molecule has 5 nitrogen and oxygen atoms in total. The lowest BCUT2D eigenvalue weighted by atomic mass is 9.91. The van der Waals surface area contributed by atoms with Crippen LogP contribution in [0.5, 0.6) is 5.75 Å². The van der Waals surface area contributed by atoms with Gasteiger partial charge in [-0.25, -0.2) is 0 Å². The molecule has 0 aromatic heterocycles. The van der Waals surface area contributed by atoms with E-state index in [-0.39, 0.29) is 17.5 Å². The van der Waals surface area contributed by atoms with E-state index < -0.39 is 5.72 Å². The molecule has 3 N–H and O–H groups in total. The first kappa shape index (κ1) is 24.6. The molecule has 1 aliphatic heterocycles. The standard InChI is InChI=1S/C33H25ClN2O3/c1-21(37)35-32-31(24-14-18-28(34)19-15-24)36-33(39-32,29-8-4-5-9-30(29)38)27-16-12-23(13-17-27)26-11-10-22-6-2-3-7-25(22)20-26/h2-20,36,38H,1H3,(H,35,37). The van der Waals surface area contributed by atoms with Gasteiger partial charge < -0.3 is 15.2 Å². The maximum Gasteiger partial charge on any atom is 0.239 e. The summed E-state index contributed by atoms with van der Waals surface area (Å²) in [6, 6.07) is 36.9. The fourth-order valence-electron chi connectivity index (χ4n) is 4.98. The molecule has 0 radical (unpaired) electrons. The largest absolute Gasteiger partial charge is 0.507 e. The summed E-state index contributed by atoms with van der Waals surface area (Å²) in [7, 11) is 0. The number of halogens is 1. The van der Waals surface area contributed by atoms with E-state index in [0.717, 1.165) is 22.3 Å². The summed E-state index contributed by atoms with van der Waals surface area (Å²) in [6.07, 6.45) is 0. The Bertz CT molecular complexity index is 1730. The van der Waals surface area contributed by atoms with Gasteiger partial charge in [-0.2, -0.15) is 0 Å². The molecular formula is C33H25ClN2O3. The fraction of sp³-hybridized carbons (Fsp3) is 0.0606. The first-order valence-corrected chi connectivity index (χ1v) is 12.9. The number of hydrogen-bond acceptors (Lipinski definition) is 4. The highest BCUT2D eigenvalue weighted by Gasteiger charge is 2.46. The van der Waals surface area contributed by atoms with Crippen molar-refractivity contribution in [1.29, 1.82) is 0 Å². The third kappa shape index (κ3) is 4.58. The van der Waals surface area contributed by atoms with Gasteiger partial charge in [-0.05, 0) is 52.2 Å². The number of carbonyl (C=O) groups excluding carboxylic acids is 1. The Balaban J connectivity index is 1.46. The molecule has 6 heteroatoms. The van der Waals surface area contributed by atoms with Gasteiger partial charge in [0.05, 0.1) is 5.56 Å². The summed E-state index contributed by atoms with van der Waals surface area (Å²) in [6.45, 7) is 1.42. The Labute approximate surface area is 231 Å². The number of aromatic hydroxyl groups is 1. The number of para-hydroxylation sites is 1. The van der Waals surface area contributed by atoms with Crippen molar-refractivity contribution in [1.82, 2.24) is 10.6 Å². The SMILES string of the molecule is CC(=O)NC1=C(c2ccc(Cl)cc2)NC(c2ccc(-c3ccc4ccccc4c3)cc2)(c2ccccc2O)O1. The number of fused-ring (bicyclic) bond motifs is 1. The van der Waals surface area contributed by atoms with Crippen LogP contribution < -0.4 is 10.6 Å². The van der Waals surface area contributed by atoms with Crippen LogP contribution in [0.2, 0.25) is 5.02 Å². The van der Waals surface area contributed by atoms with Gasteiger partial charge in [0.2, 0.25) is 17.5 Å². The lowest BCUT2D eigenvalue weighted by Crippen LogP contribution is -2.40. The minimum absolute atomic E-state index is 0.0585. The van der Waals surface area contributed by atoms with Crippen molar-refractivity contribution in [3.8, 4) is 16.9 Å². The van der Waals surface area contributed by atoms with Crippen LogP contribution in [0.3, 0.4) is 0 Å². The minimum atomic E-state index is -1.31. The number of hydrogen-bond donors (Lipinski definition) is 3. The maximum atomic E-state index is 12.2. The summed E-state index contributed by atoms with van der Waals surface area (Å²) in [5, 5.41) is 20.2.